The molecule has 3 aromatic rings. The number of fused-ring (bicyclic) bond motifs is 1. The first-order valence-corrected chi connectivity index (χ1v) is 7.68. The fourth-order valence-corrected chi connectivity index (χ4v) is 2.28. The molecule has 2 heterocycles. The molecule has 0 aliphatic carbocycles. The number of nitrogens with zero attached hydrogens (tertiary/aromatic N) is 2. The fraction of sp³-hybridized carbons (Fsp3) is 0.167. The summed E-state index contributed by atoms with van der Waals surface area (Å²) in [6.45, 7) is -1.63. The van der Waals surface area contributed by atoms with Gasteiger partial charge in [0.15, 0.2) is 6.61 Å². The van der Waals surface area contributed by atoms with Gasteiger partial charge in [-0.2, -0.15) is 13.2 Å². The van der Waals surface area contributed by atoms with Crippen LogP contribution in [0.3, 0.4) is 0 Å². The molecule has 1 aromatic carbocycles. The quantitative estimate of drug-likeness (QED) is 0.493. The van der Waals surface area contributed by atoms with Crippen molar-refractivity contribution in [2.45, 2.75) is 12.8 Å². The molecule has 0 bridgehead atoms. The zero-order valence-electron chi connectivity index (χ0n) is 13.7. The fourth-order valence-electron chi connectivity index (χ4n) is 2.28. The van der Waals surface area contributed by atoms with Crippen LogP contribution in [-0.4, -0.2) is 28.7 Å². The number of pyridine rings is 2. The Kier molecular flexibility index (Phi) is 5.20. The summed E-state index contributed by atoms with van der Waals surface area (Å²) >= 11 is 0. The second kappa shape index (κ2) is 7.56. The molecule has 5 nitrogen and oxygen atoms in total. The van der Waals surface area contributed by atoms with Crippen LogP contribution < -0.4 is 4.74 Å². The molecular formula is C18H12F4N2O3. The molecule has 0 atom stereocenters. The average Bonchev–Trinajstić information content (AvgIpc) is 2.66. The van der Waals surface area contributed by atoms with Gasteiger partial charge in [0.1, 0.15) is 12.4 Å². The van der Waals surface area contributed by atoms with Gasteiger partial charge >= 0.3 is 12.1 Å². The summed E-state index contributed by atoms with van der Waals surface area (Å²) in [5, 5.41) is 0.305. The topological polar surface area (TPSA) is 61.3 Å². The van der Waals surface area contributed by atoms with E-state index in [1.807, 2.05) is 0 Å². The Labute approximate surface area is 150 Å². The molecule has 0 saturated heterocycles. The maximum atomic E-state index is 13.8. The molecule has 0 aliphatic heterocycles. The Hall–Kier alpha value is -3.23. The number of alkyl halides is 3. The summed E-state index contributed by atoms with van der Waals surface area (Å²) in [6, 6.07) is 8.24. The zero-order valence-corrected chi connectivity index (χ0v) is 13.7. The Bertz CT molecular complexity index is 959. The molecule has 0 N–H and O–H groups in total. The average molecular weight is 380 g/mol. The van der Waals surface area contributed by atoms with Gasteiger partial charge in [-0.25, -0.2) is 14.2 Å². The zero-order chi connectivity index (χ0) is 19.4. The van der Waals surface area contributed by atoms with Crippen molar-refractivity contribution in [3.63, 3.8) is 0 Å². The van der Waals surface area contributed by atoms with E-state index >= 15 is 0 Å². The molecule has 0 saturated carbocycles. The molecule has 9 heteroatoms. The maximum absolute atomic E-state index is 13.8. The van der Waals surface area contributed by atoms with Crippen LogP contribution in [-0.2, 0) is 11.3 Å². The Morgan fingerprint density at radius 3 is 2.59 bits per heavy atom. The van der Waals surface area contributed by atoms with Gasteiger partial charge in [-0.1, -0.05) is 6.07 Å². The molecule has 0 fully saturated rings. The Morgan fingerprint density at radius 1 is 1.07 bits per heavy atom. The van der Waals surface area contributed by atoms with Gasteiger partial charge in [-0.05, 0) is 24.3 Å². The van der Waals surface area contributed by atoms with E-state index in [9.17, 15) is 22.4 Å². The number of ether oxygens (including phenoxy) is 2. The van der Waals surface area contributed by atoms with Gasteiger partial charge in [0.2, 0.25) is 5.88 Å². The van der Waals surface area contributed by atoms with Crippen LogP contribution >= 0.6 is 0 Å². The monoisotopic (exact) mass is 380 g/mol. The van der Waals surface area contributed by atoms with Crippen LogP contribution in [0.25, 0.3) is 10.9 Å². The Balaban J connectivity index is 1.65. The molecule has 0 spiro atoms. The lowest BCUT2D eigenvalue weighted by molar-refractivity contribution is -0.154. The van der Waals surface area contributed by atoms with E-state index in [-0.39, 0.29) is 18.1 Å². The van der Waals surface area contributed by atoms with Gasteiger partial charge in [-0.15, -0.1) is 0 Å². The largest absolute Gasteiger partial charge is 0.468 e. The van der Waals surface area contributed by atoms with Crippen LogP contribution in [0.1, 0.15) is 15.9 Å². The molecular weight excluding hydrogens is 368 g/mol. The number of aromatic nitrogens is 2. The van der Waals surface area contributed by atoms with Crippen molar-refractivity contribution in [1.82, 2.24) is 9.97 Å². The van der Waals surface area contributed by atoms with Crippen molar-refractivity contribution in [3.8, 4) is 5.88 Å². The summed E-state index contributed by atoms with van der Waals surface area (Å²) in [6.07, 6.45) is -1.93. The number of halogens is 4. The third kappa shape index (κ3) is 4.69. The number of rotatable bonds is 5. The highest BCUT2D eigenvalue weighted by Gasteiger charge is 2.28. The van der Waals surface area contributed by atoms with E-state index in [1.165, 1.54) is 24.4 Å². The van der Waals surface area contributed by atoms with Gasteiger partial charge in [-0.3, -0.25) is 4.98 Å². The van der Waals surface area contributed by atoms with Crippen LogP contribution in [0, 0.1) is 5.82 Å². The number of carbonyl (C=O) groups excluding carboxylic acids is 1. The summed E-state index contributed by atoms with van der Waals surface area (Å²) in [7, 11) is 0. The second-order valence-corrected chi connectivity index (χ2v) is 5.47. The minimum Gasteiger partial charge on any atom is -0.468 e. The van der Waals surface area contributed by atoms with Gasteiger partial charge in [0, 0.05) is 29.4 Å². The van der Waals surface area contributed by atoms with Crippen molar-refractivity contribution in [2.24, 2.45) is 0 Å². The summed E-state index contributed by atoms with van der Waals surface area (Å²) in [4.78, 5) is 19.8. The van der Waals surface area contributed by atoms with Gasteiger partial charge in [0.25, 0.3) is 0 Å². The number of esters is 1. The first-order valence-electron chi connectivity index (χ1n) is 7.68. The number of carbonyl (C=O) groups is 1. The summed E-state index contributed by atoms with van der Waals surface area (Å²) in [5.41, 5.74) is 0.923. The van der Waals surface area contributed by atoms with Crippen molar-refractivity contribution >= 4 is 16.9 Å². The van der Waals surface area contributed by atoms with Crippen molar-refractivity contribution in [3.05, 3.63) is 65.7 Å². The first-order chi connectivity index (χ1) is 12.8. The van der Waals surface area contributed by atoms with Crippen LogP contribution in [0.5, 0.6) is 5.88 Å². The molecule has 140 valence electrons. The lowest BCUT2D eigenvalue weighted by atomic mass is 10.1. The second-order valence-electron chi connectivity index (χ2n) is 5.47. The number of benzene rings is 1. The molecule has 27 heavy (non-hydrogen) atoms. The maximum Gasteiger partial charge on any atom is 0.422 e. The Morgan fingerprint density at radius 2 is 1.89 bits per heavy atom. The van der Waals surface area contributed by atoms with Crippen molar-refractivity contribution < 1.29 is 31.8 Å². The minimum atomic E-state index is -4.48. The van der Waals surface area contributed by atoms with Crippen LogP contribution in [0.4, 0.5) is 17.6 Å². The molecule has 0 aliphatic rings. The number of hydrogen-bond acceptors (Lipinski definition) is 5. The van der Waals surface area contributed by atoms with E-state index in [1.54, 1.807) is 12.1 Å². The van der Waals surface area contributed by atoms with Crippen molar-refractivity contribution in [2.75, 3.05) is 6.61 Å². The minimum absolute atomic E-state index is 0.0359. The van der Waals surface area contributed by atoms with E-state index in [0.29, 0.717) is 16.5 Å². The SMILES string of the molecule is O=C(OCc1ccc(F)c2cccnc12)c1ccc(OCC(F)(F)F)nc1. The van der Waals surface area contributed by atoms with Crippen LogP contribution in [0.2, 0.25) is 0 Å². The molecule has 2 aromatic heterocycles. The summed E-state index contributed by atoms with van der Waals surface area (Å²) < 4.78 is 59.7. The van der Waals surface area contributed by atoms with E-state index < -0.39 is 24.6 Å². The molecule has 0 radical (unpaired) electrons. The highest BCUT2D eigenvalue weighted by atomic mass is 19.4. The van der Waals surface area contributed by atoms with Gasteiger partial charge in [0.05, 0.1) is 11.1 Å². The van der Waals surface area contributed by atoms with E-state index in [4.69, 9.17) is 4.74 Å². The lowest BCUT2D eigenvalue weighted by Crippen LogP contribution is -2.19. The number of hydrogen-bond donors (Lipinski definition) is 0. The predicted octanol–water partition coefficient (Wildman–Crippen LogP) is 4.07. The van der Waals surface area contributed by atoms with Crippen molar-refractivity contribution in [1.29, 1.82) is 0 Å². The normalized spacial score (nSPS) is 11.4. The standard InChI is InChI=1S/C18H12F4N2O3/c19-14-5-3-12(16-13(14)2-1-7-23-16)9-26-17(25)11-4-6-15(24-8-11)27-10-18(20,21)22/h1-8H,9-10H2. The third-order valence-corrected chi connectivity index (χ3v) is 3.51. The third-order valence-electron chi connectivity index (χ3n) is 3.51. The summed E-state index contributed by atoms with van der Waals surface area (Å²) in [5.74, 6) is -1.44. The smallest absolute Gasteiger partial charge is 0.422 e. The molecule has 0 unspecified atom stereocenters. The highest BCUT2D eigenvalue weighted by molar-refractivity contribution is 5.89. The highest BCUT2D eigenvalue weighted by Crippen LogP contribution is 2.21. The molecule has 3 rings (SSSR count). The molecule has 0 amide bonds. The van der Waals surface area contributed by atoms with Gasteiger partial charge < -0.3 is 9.47 Å². The van der Waals surface area contributed by atoms with E-state index in [0.717, 1.165) is 12.3 Å². The van der Waals surface area contributed by atoms with Crippen LogP contribution in [0.15, 0.2) is 48.8 Å². The van der Waals surface area contributed by atoms with E-state index in [2.05, 4.69) is 14.7 Å². The first kappa shape index (κ1) is 18.6. The predicted molar refractivity (Wildman–Crippen MR) is 86.6 cm³/mol. The lowest BCUT2D eigenvalue weighted by Gasteiger charge is -2.09.